The monoisotopic (exact) mass is 206 g/mol. The van der Waals surface area contributed by atoms with Crippen LogP contribution in [0.2, 0.25) is 0 Å². The highest BCUT2D eigenvalue weighted by Crippen LogP contribution is 2.13. The van der Waals surface area contributed by atoms with E-state index in [1.165, 1.54) is 0 Å². The van der Waals surface area contributed by atoms with E-state index < -0.39 is 6.16 Å². The van der Waals surface area contributed by atoms with E-state index in [1.54, 1.807) is 0 Å². The molecule has 5 nitrogen and oxygen atoms in total. The van der Waals surface area contributed by atoms with E-state index in [0.717, 1.165) is 11.3 Å². The molecule has 3 N–H and O–H groups in total. The lowest BCUT2D eigenvalue weighted by Crippen LogP contribution is -1.81. The summed E-state index contributed by atoms with van der Waals surface area (Å²) in [7, 11) is 0. The SMILES string of the molecule is O=C(O)O.c1ccc(-c2cc[nH]n2)cc1. The van der Waals surface area contributed by atoms with Gasteiger partial charge in [-0.05, 0) is 6.07 Å². The van der Waals surface area contributed by atoms with Gasteiger partial charge in [-0.3, -0.25) is 5.10 Å². The van der Waals surface area contributed by atoms with Crippen molar-refractivity contribution < 1.29 is 15.0 Å². The second-order valence-electron chi connectivity index (χ2n) is 2.61. The molecule has 0 aliphatic rings. The summed E-state index contributed by atoms with van der Waals surface area (Å²) in [6.45, 7) is 0. The van der Waals surface area contributed by atoms with Crippen molar-refractivity contribution >= 4 is 6.16 Å². The predicted molar refractivity (Wildman–Crippen MR) is 54.7 cm³/mol. The molecule has 0 atom stereocenters. The summed E-state index contributed by atoms with van der Waals surface area (Å²) in [4.78, 5) is 8.56. The first-order valence-electron chi connectivity index (χ1n) is 4.17. The summed E-state index contributed by atoms with van der Waals surface area (Å²) in [6, 6.07) is 12.0. The van der Waals surface area contributed by atoms with E-state index in [9.17, 15) is 0 Å². The van der Waals surface area contributed by atoms with Crippen molar-refractivity contribution in [3.63, 3.8) is 0 Å². The van der Waals surface area contributed by atoms with Crippen LogP contribution in [-0.2, 0) is 0 Å². The Balaban J connectivity index is 0.000000245. The van der Waals surface area contributed by atoms with Crippen molar-refractivity contribution in [3.8, 4) is 11.3 Å². The Morgan fingerprint density at radius 1 is 1.13 bits per heavy atom. The lowest BCUT2D eigenvalue weighted by molar-refractivity contribution is 0.137. The fraction of sp³-hybridized carbons (Fsp3) is 0. The number of carboxylic acid groups (broad SMARTS) is 2. The number of carbonyl (C=O) groups is 1. The second kappa shape index (κ2) is 5.43. The second-order valence-corrected chi connectivity index (χ2v) is 2.61. The first-order valence-corrected chi connectivity index (χ1v) is 4.17. The molecule has 2 aromatic rings. The standard InChI is InChI=1S/C9H8N2.CH2O3/c1-2-4-8(5-3-1)9-6-7-10-11-9;2-1(3)4/h1-7H,(H,10,11);(H2,2,3,4). The minimum atomic E-state index is -1.83. The summed E-state index contributed by atoms with van der Waals surface area (Å²) in [5.74, 6) is 0. The number of nitrogens with one attached hydrogen (secondary N) is 1. The van der Waals surface area contributed by atoms with E-state index in [-0.39, 0.29) is 0 Å². The van der Waals surface area contributed by atoms with Crippen LogP contribution in [0.25, 0.3) is 11.3 Å². The third kappa shape index (κ3) is 3.95. The van der Waals surface area contributed by atoms with Crippen LogP contribution in [0.5, 0.6) is 0 Å². The number of benzene rings is 1. The highest BCUT2D eigenvalue weighted by Gasteiger charge is 1.95. The highest BCUT2D eigenvalue weighted by molar-refractivity contribution is 5.57. The third-order valence-corrected chi connectivity index (χ3v) is 1.57. The molecule has 0 amide bonds. The van der Waals surface area contributed by atoms with Crippen LogP contribution in [-0.4, -0.2) is 26.6 Å². The molecule has 0 radical (unpaired) electrons. The van der Waals surface area contributed by atoms with Crippen molar-refractivity contribution in [3.05, 3.63) is 42.6 Å². The van der Waals surface area contributed by atoms with Crippen LogP contribution in [0, 0.1) is 0 Å². The Labute approximate surface area is 86.0 Å². The molecule has 0 unspecified atom stereocenters. The maximum Gasteiger partial charge on any atom is 0.503 e. The molecule has 15 heavy (non-hydrogen) atoms. The van der Waals surface area contributed by atoms with Crippen LogP contribution < -0.4 is 0 Å². The zero-order valence-corrected chi connectivity index (χ0v) is 7.79. The van der Waals surface area contributed by atoms with E-state index in [4.69, 9.17) is 15.0 Å². The van der Waals surface area contributed by atoms with Crippen LogP contribution in [0.4, 0.5) is 4.79 Å². The Kier molecular flexibility index (Phi) is 3.91. The van der Waals surface area contributed by atoms with Gasteiger partial charge in [0.05, 0.1) is 5.69 Å². The Bertz CT molecular complexity index is 394. The minimum absolute atomic E-state index is 0.991. The van der Waals surface area contributed by atoms with Gasteiger partial charge >= 0.3 is 6.16 Å². The van der Waals surface area contributed by atoms with Crippen molar-refractivity contribution in [2.75, 3.05) is 0 Å². The molecule has 0 bridgehead atoms. The molecule has 0 saturated heterocycles. The fourth-order valence-corrected chi connectivity index (χ4v) is 1.03. The van der Waals surface area contributed by atoms with Crippen LogP contribution in [0.1, 0.15) is 0 Å². The number of rotatable bonds is 1. The summed E-state index contributed by atoms with van der Waals surface area (Å²) in [6.07, 6.45) is -0.0116. The lowest BCUT2D eigenvalue weighted by atomic mass is 10.2. The van der Waals surface area contributed by atoms with E-state index in [1.807, 2.05) is 42.6 Å². The van der Waals surface area contributed by atoms with Gasteiger partial charge in [0.15, 0.2) is 0 Å². The maximum absolute atomic E-state index is 8.56. The third-order valence-electron chi connectivity index (χ3n) is 1.57. The zero-order chi connectivity index (χ0) is 11.1. The number of aromatic nitrogens is 2. The van der Waals surface area contributed by atoms with Gasteiger partial charge in [0.1, 0.15) is 0 Å². The molecule has 2 rings (SSSR count). The summed E-state index contributed by atoms with van der Waals surface area (Å²) >= 11 is 0. The molecule has 1 aromatic carbocycles. The summed E-state index contributed by atoms with van der Waals surface area (Å²) < 4.78 is 0. The fourth-order valence-electron chi connectivity index (χ4n) is 1.03. The molecule has 1 aromatic heterocycles. The van der Waals surface area contributed by atoms with Gasteiger partial charge in [-0.1, -0.05) is 30.3 Å². The number of aromatic amines is 1. The van der Waals surface area contributed by atoms with Crippen molar-refractivity contribution in [2.45, 2.75) is 0 Å². The maximum atomic E-state index is 8.56. The summed E-state index contributed by atoms with van der Waals surface area (Å²) in [5, 5.41) is 20.8. The molecule has 78 valence electrons. The largest absolute Gasteiger partial charge is 0.503 e. The molecule has 0 saturated carbocycles. The van der Waals surface area contributed by atoms with Gasteiger partial charge < -0.3 is 10.2 Å². The van der Waals surface area contributed by atoms with Gasteiger partial charge in [0.25, 0.3) is 0 Å². The van der Waals surface area contributed by atoms with Crippen LogP contribution in [0.3, 0.4) is 0 Å². The molecule has 0 aliphatic heterocycles. The average molecular weight is 206 g/mol. The predicted octanol–water partition coefficient (Wildman–Crippen LogP) is 2.30. The van der Waals surface area contributed by atoms with Gasteiger partial charge in [-0.25, -0.2) is 4.79 Å². The quantitative estimate of drug-likeness (QED) is 0.668. The van der Waals surface area contributed by atoms with Crippen LogP contribution in [0.15, 0.2) is 42.6 Å². The van der Waals surface area contributed by atoms with Crippen LogP contribution >= 0.6 is 0 Å². The molecule has 0 fully saturated rings. The molecule has 0 spiro atoms. The number of nitrogens with zero attached hydrogens (tertiary/aromatic N) is 1. The zero-order valence-electron chi connectivity index (χ0n) is 7.79. The molecular weight excluding hydrogens is 196 g/mol. The molecular formula is C10H10N2O3. The first kappa shape index (κ1) is 10.8. The Morgan fingerprint density at radius 2 is 1.73 bits per heavy atom. The first-order chi connectivity index (χ1) is 7.20. The van der Waals surface area contributed by atoms with E-state index in [2.05, 4.69) is 10.2 Å². The minimum Gasteiger partial charge on any atom is -0.450 e. The number of H-pyrrole nitrogens is 1. The average Bonchev–Trinajstić information content (AvgIpc) is 2.71. The summed E-state index contributed by atoms with van der Waals surface area (Å²) in [5.41, 5.74) is 2.14. The van der Waals surface area contributed by atoms with Gasteiger partial charge in [-0.2, -0.15) is 5.10 Å². The van der Waals surface area contributed by atoms with Gasteiger partial charge in [0.2, 0.25) is 0 Å². The van der Waals surface area contributed by atoms with Crippen molar-refractivity contribution in [2.24, 2.45) is 0 Å². The van der Waals surface area contributed by atoms with E-state index >= 15 is 0 Å². The highest BCUT2D eigenvalue weighted by atomic mass is 16.6. The van der Waals surface area contributed by atoms with Gasteiger partial charge in [-0.15, -0.1) is 0 Å². The molecule has 0 aliphatic carbocycles. The Morgan fingerprint density at radius 3 is 2.20 bits per heavy atom. The van der Waals surface area contributed by atoms with Crippen molar-refractivity contribution in [1.82, 2.24) is 10.2 Å². The number of hydrogen-bond acceptors (Lipinski definition) is 2. The topological polar surface area (TPSA) is 86.2 Å². The Hall–Kier alpha value is -2.30. The van der Waals surface area contributed by atoms with Crippen molar-refractivity contribution in [1.29, 1.82) is 0 Å². The smallest absolute Gasteiger partial charge is 0.450 e. The normalized spacial score (nSPS) is 8.80. The van der Waals surface area contributed by atoms with Gasteiger partial charge in [0, 0.05) is 11.8 Å². The molecule has 1 heterocycles. The number of hydrogen-bond donors (Lipinski definition) is 3. The van der Waals surface area contributed by atoms with E-state index in [0.29, 0.717) is 0 Å². The molecule has 5 heteroatoms. The lowest BCUT2D eigenvalue weighted by Gasteiger charge is -1.91.